The topological polar surface area (TPSA) is 24.3 Å². The first-order chi connectivity index (χ1) is 19.9. The third-order valence-electron chi connectivity index (χ3n) is 7.28. The highest BCUT2D eigenvalue weighted by atomic mass is 35.5. The van der Waals surface area contributed by atoms with E-state index in [-0.39, 0.29) is 0 Å². The smallest absolute Gasteiger partial charge is 0.0844 e. The molecule has 1 unspecified atom stereocenters. The van der Waals surface area contributed by atoms with Crippen LogP contribution in [0.25, 0.3) is 26.7 Å². The minimum Gasteiger partial charge on any atom is -0.283 e. The standard InChI is InChI=1S/C33H34Cl2N4S2/c1-5-28(34)23(2)13-14-24(3)38-18-17-37(22-38)21-26-20-31(39(36-26)30-12-7-6-11-29(30)35)33-16-15-32(41-33)25-9-8-10-27(19-25)40-4/h5-16,19-20,24H,1,17-18,21-22H2,2-4H3/b14-13-,28-23+. The van der Waals surface area contributed by atoms with Gasteiger partial charge in [-0.15, -0.1) is 23.1 Å². The zero-order valence-corrected chi connectivity index (χ0v) is 26.7. The number of benzene rings is 2. The fourth-order valence-corrected chi connectivity index (χ4v) is 6.64. The molecule has 41 heavy (non-hydrogen) atoms. The Labute approximate surface area is 261 Å². The summed E-state index contributed by atoms with van der Waals surface area (Å²) >= 11 is 16.4. The van der Waals surface area contributed by atoms with Crippen LogP contribution in [0.15, 0.2) is 107 Å². The van der Waals surface area contributed by atoms with Gasteiger partial charge in [-0.25, -0.2) is 4.68 Å². The molecule has 1 aliphatic heterocycles. The number of allylic oxidation sites excluding steroid dienone is 4. The Morgan fingerprint density at radius 3 is 2.68 bits per heavy atom. The number of para-hydroxylation sites is 1. The molecule has 4 nitrogen and oxygen atoms in total. The molecule has 8 heteroatoms. The van der Waals surface area contributed by atoms with Gasteiger partial charge in [0.1, 0.15) is 0 Å². The lowest BCUT2D eigenvalue weighted by atomic mass is 10.2. The van der Waals surface area contributed by atoms with E-state index in [9.17, 15) is 0 Å². The molecule has 1 aliphatic rings. The predicted octanol–water partition coefficient (Wildman–Crippen LogP) is 9.36. The average molecular weight is 622 g/mol. The van der Waals surface area contributed by atoms with Crippen LogP contribution in [-0.2, 0) is 6.54 Å². The van der Waals surface area contributed by atoms with Crippen LogP contribution in [0.3, 0.4) is 0 Å². The number of hydrogen-bond acceptors (Lipinski definition) is 5. The summed E-state index contributed by atoms with van der Waals surface area (Å²) in [5.74, 6) is 0. The van der Waals surface area contributed by atoms with Crippen LogP contribution in [0.2, 0.25) is 5.02 Å². The lowest BCUT2D eigenvalue weighted by Crippen LogP contribution is -2.31. The summed E-state index contributed by atoms with van der Waals surface area (Å²) < 4.78 is 2.00. The van der Waals surface area contributed by atoms with Crippen LogP contribution in [0.1, 0.15) is 19.5 Å². The molecule has 0 bridgehead atoms. The molecule has 2 aromatic heterocycles. The average Bonchev–Trinajstić information content (AvgIpc) is 3.76. The Balaban J connectivity index is 1.38. The molecule has 1 saturated heterocycles. The summed E-state index contributed by atoms with van der Waals surface area (Å²) in [5, 5.41) is 6.45. The second-order valence-corrected chi connectivity index (χ2v) is 12.9. The van der Waals surface area contributed by atoms with Crippen molar-refractivity contribution in [3.05, 3.63) is 113 Å². The van der Waals surface area contributed by atoms with Crippen molar-refractivity contribution in [3.63, 3.8) is 0 Å². The largest absolute Gasteiger partial charge is 0.283 e. The van der Waals surface area contributed by atoms with E-state index in [1.807, 2.05) is 35.9 Å². The van der Waals surface area contributed by atoms with Gasteiger partial charge in [0.15, 0.2) is 0 Å². The van der Waals surface area contributed by atoms with Crippen molar-refractivity contribution >= 4 is 46.3 Å². The van der Waals surface area contributed by atoms with E-state index in [2.05, 4.69) is 84.2 Å². The number of aromatic nitrogens is 2. The van der Waals surface area contributed by atoms with E-state index in [1.165, 1.54) is 15.3 Å². The van der Waals surface area contributed by atoms with Crippen molar-refractivity contribution in [2.45, 2.75) is 31.3 Å². The second kappa shape index (κ2) is 13.6. The molecule has 0 saturated carbocycles. The minimum atomic E-state index is 0.301. The molecule has 1 atom stereocenters. The van der Waals surface area contributed by atoms with Crippen molar-refractivity contribution in [1.29, 1.82) is 0 Å². The van der Waals surface area contributed by atoms with Crippen molar-refractivity contribution in [2.75, 3.05) is 26.0 Å². The first-order valence-electron chi connectivity index (χ1n) is 13.6. The van der Waals surface area contributed by atoms with Crippen LogP contribution in [0.5, 0.6) is 0 Å². The summed E-state index contributed by atoms with van der Waals surface area (Å²) in [7, 11) is 0. The van der Waals surface area contributed by atoms with Crippen LogP contribution >= 0.6 is 46.3 Å². The maximum atomic E-state index is 6.67. The highest BCUT2D eigenvalue weighted by Gasteiger charge is 2.25. The molecule has 0 spiro atoms. The van der Waals surface area contributed by atoms with Crippen LogP contribution in [-0.4, -0.2) is 51.6 Å². The first-order valence-corrected chi connectivity index (χ1v) is 16.4. The molecule has 5 rings (SSSR count). The van der Waals surface area contributed by atoms with Crippen LogP contribution in [0.4, 0.5) is 0 Å². The van der Waals surface area contributed by atoms with Crippen molar-refractivity contribution in [3.8, 4) is 26.7 Å². The Bertz CT molecular complexity index is 1590. The van der Waals surface area contributed by atoms with E-state index in [0.29, 0.717) is 16.1 Å². The highest BCUT2D eigenvalue weighted by Crippen LogP contribution is 2.37. The highest BCUT2D eigenvalue weighted by molar-refractivity contribution is 7.98. The normalized spacial score (nSPS) is 15.9. The summed E-state index contributed by atoms with van der Waals surface area (Å²) in [6.45, 7) is 11.6. The lowest BCUT2D eigenvalue weighted by Gasteiger charge is -2.22. The van der Waals surface area contributed by atoms with Gasteiger partial charge in [0.05, 0.1) is 33.6 Å². The molecule has 0 radical (unpaired) electrons. The summed E-state index contributed by atoms with van der Waals surface area (Å²) in [6.07, 6.45) is 8.08. The monoisotopic (exact) mass is 620 g/mol. The van der Waals surface area contributed by atoms with E-state index in [4.69, 9.17) is 28.3 Å². The SMILES string of the molecule is C=C/C(Cl)=C(C)\C=C/C(C)N1CCN(Cc2cc(-c3ccc(-c4cccc(SC)c4)s3)n(-c3ccccc3Cl)n2)C1. The third kappa shape index (κ3) is 7.08. The summed E-state index contributed by atoms with van der Waals surface area (Å²) in [5.41, 5.74) is 5.23. The molecule has 4 aromatic rings. The van der Waals surface area contributed by atoms with Crippen molar-refractivity contribution in [1.82, 2.24) is 19.6 Å². The van der Waals surface area contributed by atoms with Gasteiger partial charge in [0.25, 0.3) is 0 Å². The zero-order chi connectivity index (χ0) is 28.9. The lowest BCUT2D eigenvalue weighted by molar-refractivity contribution is 0.219. The third-order valence-corrected chi connectivity index (χ3v) is 9.93. The van der Waals surface area contributed by atoms with Crippen LogP contribution in [0, 0.1) is 0 Å². The molecule has 0 N–H and O–H groups in total. The summed E-state index contributed by atoms with van der Waals surface area (Å²) in [4.78, 5) is 8.57. The van der Waals surface area contributed by atoms with Gasteiger partial charge in [-0.05, 0) is 73.7 Å². The van der Waals surface area contributed by atoms with Gasteiger partial charge in [-0.1, -0.05) is 72.3 Å². The molecule has 0 amide bonds. The number of hydrogen-bond donors (Lipinski definition) is 0. The molecular weight excluding hydrogens is 587 g/mol. The number of thiophene rings is 1. The molecule has 2 aromatic carbocycles. The van der Waals surface area contributed by atoms with E-state index >= 15 is 0 Å². The second-order valence-electron chi connectivity index (χ2n) is 10.1. The van der Waals surface area contributed by atoms with E-state index in [1.54, 1.807) is 29.2 Å². The van der Waals surface area contributed by atoms with Crippen molar-refractivity contribution in [2.24, 2.45) is 0 Å². The van der Waals surface area contributed by atoms with Gasteiger partial charge < -0.3 is 0 Å². The molecule has 0 aliphatic carbocycles. The Hall–Kier alpha value is -2.58. The fourth-order valence-electron chi connectivity index (χ4n) is 4.90. The number of rotatable bonds is 10. The molecule has 212 valence electrons. The summed E-state index contributed by atoms with van der Waals surface area (Å²) in [6, 6.07) is 23.5. The Morgan fingerprint density at radius 2 is 1.90 bits per heavy atom. The predicted molar refractivity (Wildman–Crippen MR) is 178 cm³/mol. The number of thioether (sulfide) groups is 1. The molecule has 1 fully saturated rings. The van der Waals surface area contributed by atoms with Gasteiger partial charge in [-0.2, -0.15) is 5.10 Å². The van der Waals surface area contributed by atoms with Gasteiger partial charge in [0, 0.05) is 40.5 Å². The van der Waals surface area contributed by atoms with Crippen LogP contribution < -0.4 is 0 Å². The maximum absolute atomic E-state index is 6.67. The number of nitrogens with zero attached hydrogens (tertiary/aromatic N) is 4. The number of halogens is 2. The zero-order valence-electron chi connectivity index (χ0n) is 23.6. The van der Waals surface area contributed by atoms with Gasteiger partial charge in [-0.3, -0.25) is 9.80 Å². The first kappa shape index (κ1) is 29.9. The van der Waals surface area contributed by atoms with E-state index in [0.717, 1.165) is 53.8 Å². The Kier molecular flexibility index (Phi) is 9.91. The van der Waals surface area contributed by atoms with Gasteiger partial charge >= 0.3 is 0 Å². The molecular formula is C33H34Cl2N4S2. The molecule has 3 heterocycles. The quantitative estimate of drug-likeness (QED) is 0.130. The van der Waals surface area contributed by atoms with Gasteiger partial charge in [0.2, 0.25) is 0 Å². The maximum Gasteiger partial charge on any atom is 0.0844 e. The van der Waals surface area contributed by atoms with Crippen molar-refractivity contribution < 1.29 is 0 Å². The Morgan fingerprint density at radius 1 is 1.10 bits per heavy atom. The minimum absolute atomic E-state index is 0.301. The fraction of sp³-hybridized carbons (Fsp3) is 0.242. The van der Waals surface area contributed by atoms with E-state index < -0.39 is 0 Å².